The molecular weight excluding hydrogens is 387 g/mol. The van der Waals surface area contributed by atoms with Crippen molar-refractivity contribution in [2.45, 2.75) is 26.7 Å². The van der Waals surface area contributed by atoms with Crippen molar-refractivity contribution in [2.24, 2.45) is 5.73 Å². The summed E-state index contributed by atoms with van der Waals surface area (Å²) in [6, 6.07) is 10.3. The Labute approximate surface area is 174 Å². The van der Waals surface area contributed by atoms with Gasteiger partial charge in [-0.25, -0.2) is 19.2 Å². The normalized spacial score (nSPS) is 13.1. The molecule has 3 N–H and O–H groups in total. The number of anilines is 1. The predicted octanol–water partition coefficient (Wildman–Crippen LogP) is 4.15. The molecule has 30 heavy (non-hydrogen) atoms. The van der Waals surface area contributed by atoms with E-state index in [0.717, 1.165) is 48.2 Å². The molecule has 0 radical (unpaired) electrons. The van der Waals surface area contributed by atoms with E-state index < -0.39 is 11.9 Å². The Morgan fingerprint density at radius 3 is 2.57 bits per heavy atom. The number of hydrogen-bond donors (Lipinski definition) is 2. The van der Waals surface area contributed by atoms with E-state index in [4.69, 9.17) is 0 Å². The maximum absolute atomic E-state index is 14.3. The average Bonchev–Trinajstić information content (AvgIpc) is 3.22. The number of aryl methyl sites for hydroxylation is 1. The van der Waals surface area contributed by atoms with Crippen molar-refractivity contribution in [3.63, 3.8) is 0 Å². The van der Waals surface area contributed by atoms with Crippen LogP contribution in [0.3, 0.4) is 0 Å². The summed E-state index contributed by atoms with van der Waals surface area (Å²) < 4.78 is 18.5. The predicted molar refractivity (Wildman–Crippen MR) is 114 cm³/mol. The number of amides is 1. The maximum atomic E-state index is 14.3. The zero-order chi connectivity index (χ0) is 21.7. The van der Waals surface area contributed by atoms with E-state index in [9.17, 15) is 14.3 Å². The van der Waals surface area contributed by atoms with Gasteiger partial charge in [-0.15, -0.1) is 0 Å². The number of benzene rings is 2. The van der Waals surface area contributed by atoms with Gasteiger partial charge in [0.1, 0.15) is 17.4 Å². The summed E-state index contributed by atoms with van der Waals surface area (Å²) in [5, 5.41) is 11.1. The molecule has 158 valence electrons. The van der Waals surface area contributed by atoms with E-state index in [1.807, 2.05) is 25.1 Å². The van der Waals surface area contributed by atoms with E-state index in [1.165, 1.54) is 18.2 Å². The molecule has 7 nitrogen and oxygen atoms in total. The number of carbonyl (C=O) groups is 1. The van der Waals surface area contributed by atoms with Crippen molar-refractivity contribution < 1.29 is 19.0 Å². The first-order chi connectivity index (χ1) is 14.4. The monoisotopic (exact) mass is 412 g/mol. The number of aromatic hydroxyl groups is 1. The summed E-state index contributed by atoms with van der Waals surface area (Å²) in [7, 11) is 0. The molecule has 0 unspecified atom stereocenters. The third-order valence-electron chi connectivity index (χ3n) is 4.74. The van der Waals surface area contributed by atoms with Gasteiger partial charge in [0.25, 0.3) is 0 Å². The number of aromatic nitrogens is 2. The van der Waals surface area contributed by atoms with Gasteiger partial charge in [-0.3, -0.25) is 0 Å². The number of halogens is 1. The number of carbonyl (C=O) groups excluding carboxylic acids is 1. The highest BCUT2D eigenvalue weighted by atomic mass is 19.1. The van der Waals surface area contributed by atoms with Gasteiger partial charge in [-0.2, -0.15) is 0 Å². The minimum Gasteiger partial charge on any atom is -0.507 e. The van der Waals surface area contributed by atoms with Crippen molar-refractivity contribution in [3.05, 3.63) is 47.8 Å². The van der Waals surface area contributed by atoms with Crippen molar-refractivity contribution in [2.75, 3.05) is 24.6 Å². The van der Waals surface area contributed by atoms with Gasteiger partial charge in [0, 0.05) is 18.5 Å². The highest BCUT2D eigenvalue weighted by Crippen LogP contribution is 2.34. The third kappa shape index (κ3) is 4.76. The van der Waals surface area contributed by atoms with Crippen LogP contribution in [0.4, 0.5) is 15.0 Å². The van der Waals surface area contributed by atoms with Crippen LogP contribution in [0, 0.1) is 12.7 Å². The largest absolute Gasteiger partial charge is 0.507 e. The van der Waals surface area contributed by atoms with Gasteiger partial charge >= 0.3 is 6.09 Å². The Morgan fingerprint density at radius 1 is 1.23 bits per heavy atom. The molecule has 2 aromatic carbocycles. The van der Waals surface area contributed by atoms with Crippen LogP contribution in [0.1, 0.15) is 25.3 Å². The lowest BCUT2D eigenvalue weighted by molar-refractivity contribution is 0.163. The second kappa shape index (κ2) is 9.39. The van der Waals surface area contributed by atoms with E-state index in [2.05, 4.69) is 25.3 Å². The third-order valence-corrected chi connectivity index (χ3v) is 4.74. The Bertz CT molecular complexity index is 1030. The molecule has 8 heteroatoms. The van der Waals surface area contributed by atoms with E-state index in [1.54, 1.807) is 6.92 Å². The summed E-state index contributed by atoms with van der Waals surface area (Å²) in [6.07, 6.45) is 1.53. The van der Waals surface area contributed by atoms with Gasteiger partial charge < -0.3 is 20.5 Å². The zero-order valence-electron chi connectivity index (χ0n) is 17.1. The molecule has 1 saturated heterocycles. The van der Waals surface area contributed by atoms with Crippen molar-refractivity contribution in [1.82, 2.24) is 9.97 Å². The molecule has 2 heterocycles. The fourth-order valence-electron chi connectivity index (χ4n) is 3.38. The van der Waals surface area contributed by atoms with Gasteiger partial charge in [0.2, 0.25) is 0 Å². The van der Waals surface area contributed by atoms with Crippen LogP contribution in [0.2, 0.25) is 0 Å². The van der Waals surface area contributed by atoms with Gasteiger partial charge in [-0.05, 0) is 56.5 Å². The SMILES string of the molecule is CCOC(N)=O.Cc1ccc2c(N3CCCC3)nc(-c3c(O)cccc3F)nc2c1. The lowest BCUT2D eigenvalue weighted by Crippen LogP contribution is -2.20. The molecule has 0 saturated carbocycles. The molecular formula is C22H25FN4O3. The standard InChI is InChI=1S/C19H18FN3O.C3H7NO2/c1-12-7-8-13-15(11-12)21-18(17-14(20)5-4-6-16(17)24)22-19(13)23-9-2-3-10-23;1-2-6-3(4)5/h4-8,11,24H,2-3,9-10H2,1H3;2H2,1H3,(H2,4,5). The van der Waals surface area contributed by atoms with E-state index >= 15 is 0 Å². The Hall–Kier alpha value is -3.42. The van der Waals surface area contributed by atoms with Crippen LogP contribution in [0.15, 0.2) is 36.4 Å². The minimum absolute atomic E-state index is 0.0568. The highest BCUT2D eigenvalue weighted by molar-refractivity contribution is 5.92. The molecule has 0 spiro atoms. The van der Waals surface area contributed by atoms with Crippen LogP contribution < -0.4 is 10.6 Å². The number of nitrogens with two attached hydrogens (primary N) is 1. The number of hydrogen-bond acceptors (Lipinski definition) is 6. The molecule has 4 rings (SSSR count). The highest BCUT2D eigenvalue weighted by Gasteiger charge is 2.21. The Morgan fingerprint density at radius 2 is 1.97 bits per heavy atom. The second-order valence-corrected chi connectivity index (χ2v) is 6.97. The van der Waals surface area contributed by atoms with Crippen LogP contribution >= 0.6 is 0 Å². The summed E-state index contributed by atoms with van der Waals surface area (Å²) in [4.78, 5) is 20.9. The average molecular weight is 412 g/mol. The molecule has 0 bridgehead atoms. The number of phenols is 1. The van der Waals surface area contributed by atoms with Crippen molar-refractivity contribution in [3.8, 4) is 17.1 Å². The van der Waals surface area contributed by atoms with Gasteiger partial charge in [-0.1, -0.05) is 12.1 Å². The Balaban J connectivity index is 0.000000377. The van der Waals surface area contributed by atoms with E-state index in [-0.39, 0.29) is 17.1 Å². The molecule has 1 aliphatic rings. The summed E-state index contributed by atoms with van der Waals surface area (Å²) in [5.41, 5.74) is 6.45. The molecule has 1 aromatic heterocycles. The first-order valence-electron chi connectivity index (χ1n) is 9.84. The first kappa shape index (κ1) is 21.3. The summed E-state index contributed by atoms with van der Waals surface area (Å²) in [5.74, 6) is 0.379. The number of nitrogens with zero attached hydrogens (tertiary/aromatic N) is 3. The topological polar surface area (TPSA) is 102 Å². The van der Waals surface area contributed by atoms with Crippen LogP contribution in [0.5, 0.6) is 5.75 Å². The van der Waals surface area contributed by atoms with Crippen molar-refractivity contribution in [1.29, 1.82) is 0 Å². The first-order valence-corrected chi connectivity index (χ1v) is 9.84. The minimum atomic E-state index is -0.711. The van der Waals surface area contributed by atoms with E-state index in [0.29, 0.717) is 6.61 Å². The van der Waals surface area contributed by atoms with Crippen LogP contribution in [-0.4, -0.2) is 40.9 Å². The second-order valence-electron chi connectivity index (χ2n) is 6.97. The van der Waals surface area contributed by atoms with Crippen LogP contribution in [-0.2, 0) is 4.74 Å². The number of ether oxygens (including phenoxy) is 1. The maximum Gasteiger partial charge on any atom is 0.404 e. The Kier molecular flexibility index (Phi) is 6.66. The molecule has 1 amide bonds. The number of phenolic OH excluding ortho intramolecular Hbond substituents is 1. The number of primary amides is 1. The lowest BCUT2D eigenvalue weighted by Gasteiger charge is -2.19. The summed E-state index contributed by atoms with van der Waals surface area (Å²) in [6.45, 7) is 5.92. The lowest BCUT2D eigenvalue weighted by atomic mass is 10.1. The number of rotatable bonds is 3. The fourth-order valence-corrected chi connectivity index (χ4v) is 3.38. The van der Waals surface area contributed by atoms with Crippen LogP contribution in [0.25, 0.3) is 22.3 Å². The van der Waals surface area contributed by atoms with Gasteiger partial charge in [0.15, 0.2) is 5.82 Å². The quantitative estimate of drug-likeness (QED) is 0.670. The molecule has 1 fully saturated rings. The number of fused-ring (bicyclic) bond motifs is 1. The van der Waals surface area contributed by atoms with Gasteiger partial charge in [0.05, 0.1) is 17.7 Å². The molecule has 0 atom stereocenters. The molecule has 3 aromatic rings. The fraction of sp³-hybridized carbons (Fsp3) is 0.318. The molecule has 1 aliphatic heterocycles. The zero-order valence-corrected chi connectivity index (χ0v) is 17.1. The van der Waals surface area contributed by atoms with Crippen molar-refractivity contribution >= 4 is 22.8 Å². The molecule has 0 aliphatic carbocycles. The smallest absolute Gasteiger partial charge is 0.404 e. The summed E-state index contributed by atoms with van der Waals surface area (Å²) >= 11 is 0.